The highest BCUT2D eigenvalue weighted by atomic mass is 16.5. The molecule has 3 aliphatic heterocycles. The zero-order valence-corrected chi connectivity index (χ0v) is 56.3. The van der Waals surface area contributed by atoms with Gasteiger partial charge in [0.15, 0.2) is 0 Å². The standard InChI is InChI=1S/C26H34N2O3.C25H33N3O3.C19H23NO2.C7H13NO2/c1-28-17-15-23(16-18-28)26(30)27-24-13-11-21(12-14-24)6-4-3-5-20-7-9-22(10-8-20)19-25(29)31-2;1-28-16-14-22(15-17-28)25(30)26-23-12-10-20(11-13-23)5-3-2-4-19-6-8-21(9-7-19)18-24(29)27-31;1-22-19(21)14-17-8-6-15(7-9-17)4-2-3-5-16-10-12-18(20)13-11-16;1-8-4-2-6(3-5-8)7(9)10/h7-14,23H,3-6,15-19H2,1-2H3,(H,27,30);6-13,22,31H,2-5,14-18H2,1H3,(H,26,30)(H,27,29);6-13H,2-5,14,20H2,1H3;6H,2-5H2,1H3,(H,9,10). The number of unbranched alkanes of at least 4 members (excludes halogenated alkanes) is 3. The second kappa shape index (κ2) is 41.5. The molecule has 3 heterocycles. The molecule has 3 saturated heterocycles. The number of benzene rings is 6. The molecule has 94 heavy (non-hydrogen) atoms. The summed E-state index contributed by atoms with van der Waals surface area (Å²) >= 11 is 0. The van der Waals surface area contributed by atoms with E-state index in [0.29, 0.717) is 12.8 Å². The normalized spacial score (nSPS) is 14.7. The maximum absolute atomic E-state index is 12.4. The number of carboxylic acid groups (broad SMARTS) is 1. The smallest absolute Gasteiger partial charge is 0.309 e. The number of amides is 3. The van der Waals surface area contributed by atoms with Crippen LogP contribution in [0.5, 0.6) is 0 Å². The number of anilines is 3. The molecule has 0 aliphatic carbocycles. The molecule has 0 unspecified atom stereocenters. The Morgan fingerprint density at radius 1 is 0.394 bits per heavy atom. The second-order valence-electron chi connectivity index (χ2n) is 25.5. The molecule has 0 spiro atoms. The highest BCUT2D eigenvalue weighted by Crippen LogP contribution is 2.23. The topological polar surface area (TPSA) is 233 Å². The van der Waals surface area contributed by atoms with Crippen LogP contribution in [-0.4, -0.2) is 135 Å². The molecule has 17 heteroatoms. The van der Waals surface area contributed by atoms with Crippen LogP contribution in [0.2, 0.25) is 0 Å². The van der Waals surface area contributed by atoms with Gasteiger partial charge in [0.25, 0.3) is 0 Å². The fourth-order valence-electron chi connectivity index (χ4n) is 11.6. The minimum Gasteiger partial charge on any atom is -0.481 e. The Bertz CT molecular complexity index is 3050. The van der Waals surface area contributed by atoms with Gasteiger partial charge in [-0.25, -0.2) is 5.48 Å². The highest BCUT2D eigenvalue weighted by molar-refractivity contribution is 5.93. The number of esters is 2. The van der Waals surface area contributed by atoms with Crippen molar-refractivity contribution < 1.29 is 48.6 Å². The summed E-state index contributed by atoms with van der Waals surface area (Å²) in [5, 5.41) is 23.3. The molecule has 3 amide bonds. The van der Waals surface area contributed by atoms with Crippen LogP contribution in [-0.2, 0) is 96.0 Å². The molecule has 0 atom stereocenters. The van der Waals surface area contributed by atoms with E-state index in [-0.39, 0.29) is 47.9 Å². The fourth-order valence-corrected chi connectivity index (χ4v) is 11.6. The first kappa shape index (κ1) is 74.8. The summed E-state index contributed by atoms with van der Waals surface area (Å²) in [6.45, 7) is 5.82. The number of carbonyl (C=O) groups excluding carboxylic acids is 5. The summed E-state index contributed by atoms with van der Waals surface area (Å²) in [4.78, 5) is 75.7. The molecule has 9 rings (SSSR count). The van der Waals surface area contributed by atoms with Crippen LogP contribution in [0.25, 0.3) is 0 Å². The van der Waals surface area contributed by atoms with E-state index in [1.807, 2.05) is 92.0 Å². The summed E-state index contributed by atoms with van der Waals surface area (Å²) in [5.74, 6) is -0.981. The number of ether oxygens (including phenoxy) is 2. The van der Waals surface area contributed by atoms with Crippen molar-refractivity contribution in [1.29, 1.82) is 0 Å². The number of aryl methyl sites for hydroxylation is 6. The summed E-state index contributed by atoms with van der Waals surface area (Å²) in [6, 6.07) is 48.9. The van der Waals surface area contributed by atoms with E-state index in [9.17, 15) is 28.8 Å². The first-order valence-electron chi connectivity index (χ1n) is 33.7. The molecule has 3 aliphatic rings. The number of methoxy groups -OCH3 is 2. The van der Waals surface area contributed by atoms with Crippen molar-refractivity contribution in [3.8, 4) is 0 Å². The lowest BCUT2D eigenvalue weighted by Gasteiger charge is -2.28. The number of carboxylic acids is 1. The van der Waals surface area contributed by atoms with Crippen molar-refractivity contribution in [1.82, 2.24) is 20.2 Å². The van der Waals surface area contributed by atoms with Crippen LogP contribution in [0.3, 0.4) is 0 Å². The van der Waals surface area contributed by atoms with E-state index < -0.39 is 11.9 Å². The Labute approximate surface area is 558 Å². The number of nitrogens with one attached hydrogen (secondary N) is 3. The van der Waals surface area contributed by atoms with Gasteiger partial charge >= 0.3 is 17.9 Å². The number of carbonyl (C=O) groups is 6. The first-order chi connectivity index (χ1) is 45.4. The van der Waals surface area contributed by atoms with Gasteiger partial charge in [0.2, 0.25) is 17.7 Å². The summed E-state index contributed by atoms with van der Waals surface area (Å²) in [7, 11) is 9.06. The number of hydroxylamine groups is 1. The monoisotopic (exact) mass is 1290 g/mol. The Morgan fingerprint density at radius 3 is 0.904 bits per heavy atom. The lowest BCUT2D eigenvalue weighted by molar-refractivity contribution is -0.143. The van der Waals surface area contributed by atoms with Crippen LogP contribution < -0.4 is 21.8 Å². The number of rotatable bonds is 26. The number of hydrogen-bond donors (Lipinski definition) is 6. The number of piperidine rings is 3. The number of nitrogen functional groups attached to an aromatic ring is 1. The van der Waals surface area contributed by atoms with Crippen LogP contribution in [0.4, 0.5) is 17.1 Å². The lowest BCUT2D eigenvalue weighted by Crippen LogP contribution is -2.35. The average molecular weight is 1290 g/mol. The Kier molecular flexibility index (Phi) is 33.0. The van der Waals surface area contributed by atoms with E-state index >= 15 is 0 Å². The van der Waals surface area contributed by atoms with Gasteiger partial charge in [0.05, 0.1) is 39.4 Å². The second-order valence-corrected chi connectivity index (χ2v) is 25.5. The first-order valence-corrected chi connectivity index (χ1v) is 33.7. The molecule has 0 aromatic heterocycles. The van der Waals surface area contributed by atoms with E-state index in [1.54, 1.807) is 5.48 Å². The van der Waals surface area contributed by atoms with E-state index in [2.05, 4.69) is 105 Å². The maximum Gasteiger partial charge on any atom is 0.309 e. The van der Waals surface area contributed by atoms with Gasteiger partial charge in [0, 0.05) is 28.9 Å². The SMILES string of the molecule is CN1CCC(C(=O)Nc2ccc(CCCCc3ccc(CC(=O)NO)cc3)cc2)CC1.CN1CCC(C(=O)O)CC1.COC(=O)Cc1ccc(CCCCc2ccc(N)cc2)cc1.COC(=O)Cc1ccc(CCCCc2ccc(NC(=O)C3CCN(C)CC3)cc2)cc1. The quantitative estimate of drug-likeness (QED) is 0.00975. The Balaban J connectivity index is 0.000000210. The number of nitrogens with two attached hydrogens (primary N) is 1. The van der Waals surface area contributed by atoms with Crippen LogP contribution in [0.1, 0.15) is 127 Å². The van der Waals surface area contributed by atoms with E-state index in [0.717, 1.165) is 189 Å². The van der Waals surface area contributed by atoms with Gasteiger partial charge in [-0.1, -0.05) is 109 Å². The van der Waals surface area contributed by atoms with Crippen molar-refractivity contribution >= 4 is 52.7 Å². The zero-order valence-electron chi connectivity index (χ0n) is 56.3. The largest absolute Gasteiger partial charge is 0.481 e. The molecule has 0 radical (unpaired) electrons. The van der Waals surface area contributed by atoms with Crippen LogP contribution >= 0.6 is 0 Å². The number of nitrogens with zero attached hydrogens (tertiary/aromatic N) is 3. The highest BCUT2D eigenvalue weighted by Gasteiger charge is 2.25. The Hall–Kier alpha value is -8.22. The summed E-state index contributed by atoms with van der Waals surface area (Å²) in [6.07, 6.45) is 19.2. The molecule has 0 saturated carbocycles. The zero-order chi connectivity index (χ0) is 67.5. The summed E-state index contributed by atoms with van der Waals surface area (Å²) < 4.78 is 9.37. The number of likely N-dealkylation sites (tertiary alicyclic amines) is 3. The van der Waals surface area contributed by atoms with Gasteiger partial charge in [-0.15, -0.1) is 0 Å². The van der Waals surface area contributed by atoms with Crippen molar-refractivity contribution in [2.45, 2.75) is 135 Å². The third-order valence-electron chi connectivity index (χ3n) is 17.9. The van der Waals surface area contributed by atoms with Gasteiger partial charge in [-0.2, -0.15) is 0 Å². The van der Waals surface area contributed by atoms with Crippen molar-refractivity contribution in [3.63, 3.8) is 0 Å². The fraction of sp³-hybridized carbons (Fsp3) is 0.455. The lowest BCUT2D eigenvalue weighted by atomic mass is 9.96. The van der Waals surface area contributed by atoms with Crippen molar-refractivity contribution in [3.05, 3.63) is 196 Å². The number of hydrogen-bond acceptors (Lipinski definition) is 13. The van der Waals surface area contributed by atoms with Crippen molar-refractivity contribution in [2.75, 3.05) is 91.0 Å². The molecule has 6 aromatic carbocycles. The molecular weight excluding hydrogens is 1180 g/mol. The number of aliphatic carboxylic acids is 1. The predicted molar refractivity (Wildman–Crippen MR) is 374 cm³/mol. The molecule has 17 nitrogen and oxygen atoms in total. The third-order valence-corrected chi connectivity index (χ3v) is 17.9. The molecule has 3 fully saturated rings. The van der Waals surface area contributed by atoms with Crippen molar-refractivity contribution in [2.24, 2.45) is 17.8 Å². The Morgan fingerprint density at radius 2 is 0.638 bits per heavy atom. The maximum atomic E-state index is 12.4. The third kappa shape index (κ3) is 29.0. The predicted octanol–water partition coefficient (Wildman–Crippen LogP) is 11.8. The molecule has 6 aromatic rings. The minimum absolute atomic E-state index is 0.0869. The van der Waals surface area contributed by atoms with Gasteiger partial charge in [-0.3, -0.25) is 34.0 Å². The molecule has 506 valence electrons. The van der Waals surface area contributed by atoms with E-state index in [1.165, 1.54) is 47.6 Å². The summed E-state index contributed by atoms with van der Waals surface area (Å²) in [5.41, 5.74) is 20.6. The molecular formula is C77H103N7O10. The van der Waals surface area contributed by atoms with Crippen LogP contribution in [0, 0.1) is 17.8 Å². The molecule has 7 N–H and O–H groups in total. The van der Waals surface area contributed by atoms with Gasteiger partial charge < -0.3 is 45.6 Å². The van der Waals surface area contributed by atoms with Crippen LogP contribution in [0.15, 0.2) is 146 Å². The van der Waals surface area contributed by atoms with Gasteiger partial charge in [0.1, 0.15) is 0 Å². The van der Waals surface area contributed by atoms with Gasteiger partial charge in [-0.05, 0) is 262 Å². The minimum atomic E-state index is -0.631. The molecule has 0 bridgehead atoms. The average Bonchev–Trinajstić information content (AvgIpc) is 1.48. The van der Waals surface area contributed by atoms with E-state index in [4.69, 9.17) is 20.8 Å².